The van der Waals surface area contributed by atoms with Gasteiger partial charge in [0.15, 0.2) is 0 Å². The first-order valence-corrected chi connectivity index (χ1v) is 9.21. The van der Waals surface area contributed by atoms with E-state index in [0.717, 1.165) is 18.4 Å². The van der Waals surface area contributed by atoms with Gasteiger partial charge in [-0.15, -0.1) is 0 Å². The lowest BCUT2D eigenvalue weighted by molar-refractivity contribution is -0.117. The van der Waals surface area contributed by atoms with Crippen molar-refractivity contribution in [2.24, 2.45) is 0 Å². The highest BCUT2D eigenvalue weighted by atomic mass is 32.2. The molecule has 1 saturated carbocycles. The van der Waals surface area contributed by atoms with Crippen molar-refractivity contribution in [2.75, 3.05) is 11.9 Å². The predicted molar refractivity (Wildman–Crippen MR) is 96.8 cm³/mol. The maximum Gasteiger partial charge on any atom is 0.288 e. The lowest BCUT2D eigenvalue weighted by Crippen LogP contribution is -2.34. The first kappa shape index (κ1) is 18.8. The number of hydrogen-bond donors (Lipinski definition) is 1. The third-order valence-corrected chi connectivity index (χ3v) is 4.79. The molecule has 0 atom stereocenters. The second-order valence-corrected chi connectivity index (χ2v) is 7.28. The SMILES string of the molecule is O=C(CN(Cc1ccc(F)cc1)C1CC1)Nc1ccc(SC(F)F)cc1. The van der Waals surface area contributed by atoms with Crippen LogP contribution in [0.2, 0.25) is 0 Å². The fraction of sp³-hybridized carbons (Fsp3) is 0.316. The number of thioether (sulfide) groups is 1. The van der Waals surface area contributed by atoms with E-state index in [2.05, 4.69) is 10.2 Å². The Morgan fingerprint density at radius 3 is 2.35 bits per heavy atom. The van der Waals surface area contributed by atoms with E-state index < -0.39 is 5.76 Å². The van der Waals surface area contributed by atoms with Crippen LogP contribution in [-0.4, -0.2) is 29.2 Å². The fourth-order valence-electron chi connectivity index (χ4n) is 2.68. The number of hydrogen-bond acceptors (Lipinski definition) is 3. The quantitative estimate of drug-likeness (QED) is 0.671. The monoisotopic (exact) mass is 380 g/mol. The number of nitrogens with one attached hydrogen (secondary N) is 1. The fourth-order valence-corrected chi connectivity index (χ4v) is 3.18. The Hall–Kier alpha value is -1.99. The summed E-state index contributed by atoms with van der Waals surface area (Å²) in [5, 5.41) is 2.79. The zero-order chi connectivity index (χ0) is 18.5. The Bertz CT molecular complexity index is 733. The van der Waals surface area contributed by atoms with Crippen LogP contribution in [0, 0.1) is 5.82 Å². The first-order valence-electron chi connectivity index (χ1n) is 8.33. The van der Waals surface area contributed by atoms with E-state index in [1.54, 1.807) is 36.4 Å². The maximum absolute atomic E-state index is 13.0. The van der Waals surface area contributed by atoms with Gasteiger partial charge in [-0.2, -0.15) is 8.78 Å². The Balaban J connectivity index is 1.55. The van der Waals surface area contributed by atoms with Crippen LogP contribution in [0.1, 0.15) is 18.4 Å². The van der Waals surface area contributed by atoms with Crippen LogP contribution in [0.5, 0.6) is 0 Å². The van der Waals surface area contributed by atoms with Crippen molar-refractivity contribution in [3.8, 4) is 0 Å². The number of halogens is 3. The van der Waals surface area contributed by atoms with Crippen LogP contribution in [0.25, 0.3) is 0 Å². The number of amides is 1. The van der Waals surface area contributed by atoms with Gasteiger partial charge in [-0.1, -0.05) is 23.9 Å². The second kappa shape index (κ2) is 8.60. The highest BCUT2D eigenvalue weighted by Gasteiger charge is 2.30. The number of benzene rings is 2. The number of alkyl halides is 2. The Morgan fingerprint density at radius 2 is 1.77 bits per heavy atom. The summed E-state index contributed by atoms with van der Waals surface area (Å²) in [5.74, 6) is -2.90. The molecular formula is C19H19F3N2OS. The van der Waals surface area contributed by atoms with Crippen molar-refractivity contribution in [3.63, 3.8) is 0 Å². The molecule has 1 N–H and O–H groups in total. The van der Waals surface area contributed by atoms with Crippen molar-refractivity contribution in [3.05, 3.63) is 59.9 Å². The zero-order valence-electron chi connectivity index (χ0n) is 14.0. The molecule has 138 valence electrons. The number of carbonyl (C=O) groups excluding carboxylic acids is 1. The standard InChI is InChI=1S/C19H19F3N2OS/c20-14-3-1-13(2-4-14)11-24(16-7-8-16)12-18(25)23-15-5-9-17(10-6-15)26-19(21)22/h1-6,9-10,16,19H,7-8,11-12H2,(H,23,25). The minimum absolute atomic E-state index is 0.159. The minimum atomic E-state index is -2.46. The molecule has 0 aliphatic heterocycles. The van der Waals surface area contributed by atoms with E-state index in [0.29, 0.717) is 34.9 Å². The Morgan fingerprint density at radius 1 is 1.12 bits per heavy atom. The third-order valence-electron chi connectivity index (χ3n) is 4.07. The summed E-state index contributed by atoms with van der Waals surface area (Å²) in [6.45, 7) is 0.817. The topological polar surface area (TPSA) is 32.3 Å². The molecule has 3 nitrogen and oxygen atoms in total. The summed E-state index contributed by atoms with van der Waals surface area (Å²) < 4.78 is 37.7. The van der Waals surface area contributed by atoms with Gasteiger partial charge >= 0.3 is 0 Å². The van der Waals surface area contributed by atoms with Gasteiger partial charge < -0.3 is 5.32 Å². The average Bonchev–Trinajstić information content (AvgIpc) is 3.42. The van der Waals surface area contributed by atoms with Gasteiger partial charge in [0.2, 0.25) is 5.91 Å². The van der Waals surface area contributed by atoms with Crippen molar-refractivity contribution in [2.45, 2.75) is 36.1 Å². The number of rotatable bonds is 8. The second-order valence-electron chi connectivity index (χ2n) is 6.21. The Kier molecular flexibility index (Phi) is 6.21. The molecule has 0 radical (unpaired) electrons. The van der Waals surface area contributed by atoms with Gasteiger partial charge in [-0.25, -0.2) is 4.39 Å². The first-order chi connectivity index (χ1) is 12.5. The normalized spacial score (nSPS) is 14.0. The Labute approximate surface area is 154 Å². The maximum atomic E-state index is 13.0. The summed E-state index contributed by atoms with van der Waals surface area (Å²) in [6, 6.07) is 13.0. The molecule has 3 rings (SSSR count). The molecule has 0 bridgehead atoms. The van der Waals surface area contributed by atoms with Crippen LogP contribution < -0.4 is 5.32 Å². The molecule has 0 unspecified atom stereocenters. The van der Waals surface area contributed by atoms with Gasteiger partial charge in [0.05, 0.1) is 6.54 Å². The third kappa shape index (κ3) is 5.78. The van der Waals surface area contributed by atoms with Gasteiger partial charge in [0.1, 0.15) is 5.82 Å². The molecule has 1 aliphatic rings. The van der Waals surface area contributed by atoms with Crippen LogP contribution in [0.15, 0.2) is 53.4 Å². The van der Waals surface area contributed by atoms with E-state index in [9.17, 15) is 18.0 Å². The zero-order valence-corrected chi connectivity index (χ0v) is 14.8. The van der Waals surface area contributed by atoms with E-state index >= 15 is 0 Å². The average molecular weight is 380 g/mol. The molecule has 2 aromatic carbocycles. The van der Waals surface area contributed by atoms with Crippen molar-refractivity contribution < 1.29 is 18.0 Å². The number of anilines is 1. The molecule has 1 fully saturated rings. The van der Waals surface area contributed by atoms with Gasteiger partial charge in [-0.3, -0.25) is 9.69 Å². The summed E-state index contributed by atoms with van der Waals surface area (Å²) >= 11 is 0.470. The van der Waals surface area contributed by atoms with Gasteiger partial charge in [-0.05, 0) is 54.8 Å². The molecular weight excluding hydrogens is 361 g/mol. The van der Waals surface area contributed by atoms with Gasteiger partial charge in [0.25, 0.3) is 5.76 Å². The van der Waals surface area contributed by atoms with Gasteiger partial charge in [0, 0.05) is 23.2 Å². The van der Waals surface area contributed by atoms with E-state index in [1.807, 2.05) is 0 Å². The molecule has 0 aromatic heterocycles. The largest absolute Gasteiger partial charge is 0.325 e. The summed E-state index contributed by atoms with van der Waals surface area (Å²) in [5.41, 5.74) is 1.53. The molecule has 1 amide bonds. The molecule has 0 spiro atoms. The van der Waals surface area contributed by atoms with Crippen LogP contribution in [0.3, 0.4) is 0 Å². The lowest BCUT2D eigenvalue weighted by Gasteiger charge is -2.21. The smallest absolute Gasteiger partial charge is 0.288 e. The lowest BCUT2D eigenvalue weighted by atomic mass is 10.2. The van der Waals surface area contributed by atoms with E-state index in [4.69, 9.17) is 0 Å². The van der Waals surface area contributed by atoms with E-state index in [-0.39, 0.29) is 18.3 Å². The van der Waals surface area contributed by atoms with Crippen LogP contribution in [0.4, 0.5) is 18.9 Å². The molecule has 7 heteroatoms. The summed E-state index contributed by atoms with van der Waals surface area (Å²) in [6.07, 6.45) is 2.10. The van der Waals surface area contributed by atoms with E-state index in [1.165, 1.54) is 12.1 Å². The number of nitrogens with zero attached hydrogens (tertiary/aromatic N) is 1. The van der Waals surface area contributed by atoms with Crippen LogP contribution in [-0.2, 0) is 11.3 Å². The molecule has 0 saturated heterocycles. The summed E-state index contributed by atoms with van der Waals surface area (Å²) in [7, 11) is 0. The molecule has 0 heterocycles. The molecule has 2 aromatic rings. The van der Waals surface area contributed by atoms with Crippen molar-refractivity contribution in [1.29, 1.82) is 0 Å². The molecule has 26 heavy (non-hydrogen) atoms. The molecule has 1 aliphatic carbocycles. The minimum Gasteiger partial charge on any atom is -0.325 e. The van der Waals surface area contributed by atoms with Crippen LogP contribution >= 0.6 is 11.8 Å². The predicted octanol–water partition coefficient (Wildman–Crippen LogP) is 4.74. The highest BCUT2D eigenvalue weighted by Crippen LogP contribution is 2.29. The van der Waals surface area contributed by atoms with Crippen molar-refractivity contribution >= 4 is 23.4 Å². The van der Waals surface area contributed by atoms with Crippen molar-refractivity contribution in [1.82, 2.24) is 4.90 Å². The summed E-state index contributed by atoms with van der Waals surface area (Å²) in [4.78, 5) is 14.8. The number of carbonyl (C=O) groups is 1. The highest BCUT2D eigenvalue weighted by molar-refractivity contribution is 7.99.